The summed E-state index contributed by atoms with van der Waals surface area (Å²) in [5.74, 6) is 0.728. The SMILES string of the molecule is CCCCC(N)C(=O)NCCOc1cccc(C)c1. The Morgan fingerprint density at radius 1 is 1.47 bits per heavy atom. The third-order valence-electron chi connectivity index (χ3n) is 2.87. The number of nitrogens with two attached hydrogens (primary N) is 1. The molecule has 4 nitrogen and oxygen atoms in total. The lowest BCUT2D eigenvalue weighted by atomic mass is 10.1. The number of ether oxygens (including phenoxy) is 1. The maximum Gasteiger partial charge on any atom is 0.237 e. The van der Waals surface area contributed by atoms with E-state index in [1.54, 1.807) is 0 Å². The molecule has 0 aliphatic carbocycles. The summed E-state index contributed by atoms with van der Waals surface area (Å²) in [4.78, 5) is 11.6. The summed E-state index contributed by atoms with van der Waals surface area (Å²) in [6, 6.07) is 7.43. The van der Waals surface area contributed by atoms with E-state index in [1.807, 2.05) is 31.2 Å². The van der Waals surface area contributed by atoms with E-state index in [0.717, 1.165) is 30.6 Å². The predicted molar refractivity (Wildman–Crippen MR) is 77.2 cm³/mol. The monoisotopic (exact) mass is 264 g/mol. The molecule has 1 atom stereocenters. The van der Waals surface area contributed by atoms with Crippen LogP contribution in [0.4, 0.5) is 0 Å². The van der Waals surface area contributed by atoms with Crippen LogP contribution in [-0.2, 0) is 4.79 Å². The summed E-state index contributed by atoms with van der Waals surface area (Å²) >= 11 is 0. The highest BCUT2D eigenvalue weighted by Gasteiger charge is 2.11. The quantitative estimate of drug-likeness (QED) is 0.706. The molecular formula is C15H24N2O2. The van der Waals surface area contributed by atoms with Crippen LogP contribution in [0.25, 0.3) is 0 Å². The van der Waals surface area contributed by atoms with E-state index in [9.17, 15) is 4.79 Å². The number of carbonyl (C=O) groups excluding carboxylic acids is 1. The van der Waals surface area contributed by atoms with E-state index < -0.39 is 6.04 Å². The average molecular weight is 264 g/mol. The maximum atomic E-state index is 11.6. The first kappa shape index (κ1) is 15.5. The Labute approximate surface area is 115 Å². The zero-order valence-corrected chi connectivity index (χ0v) is 11.8. The van der Waals surface area contributed by atoms with Crippen molar-refractivity contribution in [1.82, 2.24) is 5.32 Å². The van der Waals surface area contributed by atoms with Crippen molar-refractivity contribution in [3.05, 3.63) is 29.8 Å². The van der Waals surface area contributed by atoms with Gasteiger partial charge in [-0.25, -0.2) is 0 Å². The largest absolute Gasteiger partial charge is 0.492 e. The molecule has 0 spiro atoms. The third-order valence-corrected chi connectivity index (χ3v) is 2.87. The van der Waals surface area contributed by atoms with E-state index in [4.69, 9.17) is 10.5 Å². The Hall–Kier alpha value is -1.55. The topological polar surface area (TPSA) is 64.4 Å². The number of amides is 1. The molecule has 1 aromatic carbocycles. The van der Waals surface area contributed by atoms with Gasteiger partial charge in [0, 0.05) is 0 Å². The molecule has 106 valence electrons. The van der Waals surface area contributed by atoms with Gasteiger partial charge in [-0.2, -0.15) is 0 Å². The van der Waals surface area contributed by atoms with Crippen LogP contribution >= 0.6 is 0 Å². The van der Waals surface area contributed by atoms with Crippen molar-refractivity contribution in [3.63, 3.8) is 0 Å². The van der Waals surface area contributed by atoms with E-state index in [-0.39, 0.29) is 5.91 Å². The normalized spacial score (nSPS) is 11.9. The van der Waals surface area contributed by atoms with Gasteiger partial charge in [-0.05, 0) is 31.0 Å². The Balaban J connectivity index is 2.18. The Morgan fingerprint density at radius 2 is 2.26 bits per heavy atom. The minimum atomic E-state index is -0.404. The molecule has 1 amide bonds. The smallest absolute Gasteiger partial charge is 0.237 e. The molecule has 1 rings (SSSR count). The van der Waals surface area contributed by atoms with Crippen molar-refractivity contribution in [2.24, 2.45) is 5.73 Å². The van der Waals surface area contributed by atoms with Gasteiger partial charge in [0.25, 0.3) is 0 Å². The molecule has 1 unspecified atom stereocenters. The molecule has 0 aromatic heterocycles. The number of unbranched alkanes of at least 4 members (excludes halogenated alkanes) is 1. The minimum absolute atomic E-state index is 0.0960. The molecule has 19 heavy (non-hydrogen) atoms. The summed E-state index contributed by atoms with van der Waals surface area (Å²) in [5.41, 5.74) is 6.92. The van der Waals surface area contributed by atoms with Crippen LogP contribution in [0.1, 0.15) is 31.7 Å². The lowest BCUT2D eigenvalue weighted by Crippen LogP contribution is -2.42. The fourth-order valence-corrected chi connectivity index (χ4v) is 1.73. The lowest BCUT2D eigenvalue weighted by Gasteiger charge is -2.12. The van der Waals surface area contributed by atoms with Crippen molar-refractivity contribution in [3.8, 4) is 5.75 Å². The molecule has 1 aromatic rings. The Kier molecular flexibility index (Phi) is 6.97. The zero-order chi connectivity index (χ0) is 14.1. The molecular weight excluding hydrogens is 240 g/mol. The molecule has 3 N–H and O–H groups in total. The van der Waals surface area contributed by atoms with Crippen LogP contribution in [0.3, 0.4) is 0 Å². The second kappa shape index (κ2) is 8.53. The summed E-state index contributed by atoms with van der Waals surface area (Å²) in [5, 5.41) is 2.79. The van der Waals surface area contributed by atoms with Crippen molar-refractivity contribution in [2.75, 3.05) is 13.2 Å². The van der Waals surface area contributed by atoms with Gasteiger partial charge >= 0.3 is 0 Å². The summed E-state index contributed by atoms with van der Waals surface area (Å²) in [7, 11) is 0. The van der Waals surface area contributed by atoms with Gasteiger partial charge in [0.05, 0.1) is 12.6 Å². The number of aryl methyl sites for hydroxylation is 1. The molecule has 4 heteroatoms. The molecule has 0 saturated heterocycles. The van der Waals surface area contributed by atoms with Crippen molar-refractivity contribution < 1.29 is 9.53 Å². The van der Waals surface area contributed by atoms with Gasteiger partial charge in [-0.1, -0.05) is 31.9 Å². The first-order valence-corrected chi connectivity index (χ1v) is 6.86. The first-order chi connectivity index (χ1) is 9.13. The second-order valence-corrected chi connectivity index (χ2v) is 4.70. The number of hydrogen-bond acceptors (Lipinski definition) is 3. The highest BCUT2D eigenvalue weighted by Crippen LogP contribution is 2.11. The number of hydrogen-bond donors (Lipinski definition) is 2. The highest BCUT2D eigenvalue weighted by atomic mass is 16.5. The van der Waals surface area contributed by atoms with Crippen molar-refractivity contribution in [1.29, 1.82) is 0 Å². The maximum absolute atomic E-state index is 11.6. The van der Waals surface area contributed by atoms with Crippen molar-refractivity contribution in [2.45, 2.75) is 39.2 Å². The Bertz CT molecular complexity index is 393. The molecule has 0 heterocycles. The van der Waals surface area contributed by atoms with Crippen LogP contribution in [0.5, 0.6) is 5.75 Å². The number of carbonyl (C=O) groups is 1. The van der Waals surface area contributed by atoms with Gasteiger partial charge in [0.1, 0.15) is 12.4 Å². The molecule has 0 aliphatic heterocycles. The van der Waals surface area contributed by atoms with E-state index in [0.29, 0.717) is 13.2 Å². The number of rotatable bonds is 8. The Morgan fingerprint density at radius 3 is 2.95 bits per heavy atom. The van der Waals surface area contributed by atoms with Gasteiger partial charge in [0.15, 0.2) is 0 Å². The van der Waals surface area contributed by atoms with E-state index in [2.05, 4.69) is 12.2 Å². The lowest BCUT2D eigenvalue weighted by molar-refractivity contribution is -0.122. The van der Waals surface area contributed by atoms with Gasteiger partial charge in [-0.3, -0.25) is 4.79 Å². The average Bonchev–Trinajstić information content (AvgIpc) is 2.40. The van der Waals surface area contributed by atoms with Crippen LogP contribution in [0.2, 0.25) is 0 Å². The predicted octanol–water partition coefficient (Wildman–Crippen LogP) is 2.01. The summed E-state index contributed by atoms with van der Waals surface area (Å²) in [6.45, 7) is 5.03. The van der Waals surface area contributed by atoms with E-state index >= 15 is 0 Å². The van der Waals surface area contributed by atoms with Crippen LogP contribution in [0, 0.1) is 6.92 Å². The molecule has 0 saturated carbocycles. The molecule has 0 fully saturated rings. The fourth-order valence-electron chi connectivity index (χ4n) is 1.73. The number of nitrogens with one attached hydrogen (secondary N) is 1. The van der Waals surface area contributed by atoms with Crippen LogP contribution in [0.15, 0.2) is 24.3 Å². The fraction of sp³-hybridized carbons (Fsp3) is 0.533. The minimum Gasteiger partial charge on any atom is -0.492 e. The van der Waals surface area contributed by atoms with Gasteiger partial charge < -0.3 is 15.8 Å². The van der Waals surface area contributed by atoms with Gasteiger partial charge in [-0.15, -0.1) is 0 Å². The zero-order valence-electron chi connectivity index (χ0n) is 11.8. The molecule has 0 radical (unpaired) electrons. The van der Waals surface area contributed by atoms with Crippen LogP contribution in [-0.4, -0.2) is 25.1 Å². The molecule has 0 aliphatic rings. The summed E-state index contributed by atoms with van der Waals surface area (Å²) in [6.07, 6.45) is 2.77. The molecule has 0 bridgehead atoms. The van der Waals surface area contributed by atoms with Crippen molar-refractivity contribution >= 4 is 5.91 Å². The second-order valence-electron chi connectivity index (χ2n) is 4.70. The standard InChI is InChI=1S/C15H24N2O2/c1-3-4-8-14(16)15(18)17-9-10-19-13-7-5-6-12(2)11-13/h5-7,11,14H,3-4,8-10,16H2,1-2H3,(H,17,18). The first-order valence-electron chi connectivity index (χ1n) is 6.86. The van der Waals surface area contributed by atoms with Gasteiger partial charge in [0.2, 0.25) is 5.91 Å². The van der Waals surface area contributed by atoms with E-state index in [1.165, 1.54) is 0 Å². The summed E-state index contributed by atoms with van der Waals surface area (Å²) < 4.78 is 5.54. The third kappa shape index (κ3) is 6.25. The van der Waals surface area contributed by atoms with Crippen LogP contribution < -0.4 is 15.8 Å². The number of benzene rings is 1. The highest BCUT2D eigenvalue weighted by molar-refractivity contribution is 5.81.